The van der Waals surface area contributed by atoms with Gasteiger partial charge in [-0.05, 0) is 17.7 Å². The fraction of sp³-hybridized carbons (Fsp3) is 0.333. The zero-order valence-electron chi connectivity index (χ0n) is 9.02. The number of alkyl halides is 3. The number of hydrogen-bond acceptors (Lipinski definition) is 4. The molecule has 5 nitrogen and oxygen atoms in total. The summed E-state index contributed by atoms with van der Waals surface area (Å²) in [6.45, 7) is -0.528. The number of hydrogen-bond donors (Lipinski definition) is 2. The molecule has 0 heterocycles. The molecule has 1 unspecified atom stereocenters. The minimum absolute atomic E-state index is 0.105. The van der Waals surface area contributed by atoms with E-state index in [0.717, 1.165) is 12.1 Å². The first-order chi connectivity index (χ1) is 8.09. The maximum Gasteiger partial charge on any atom is 0.416 e. The van der Waals surface area contributed by atoms with E-state index in [-0.39, 0.29) is 5.56 Å². The van der Waals surface area contributed by atoms with E-state index >= 15 is 0 Å². The third-order valence-electron chi connectivity index (χ3n) is 2.05. The van der Waals surface area contributed by atoms with Gasteiger partial charge in [0.15, 0.2) is 0 Å². The van der Waals surface area contributed by atoms with E-state index < -0.39 is 34.7 Å². The minimum atomic E-state index is -4.49. The third-order valence-corrected chi connectivity index (χ3v) is 2.52. The van der Waals surface area contributed by atoms with Crippen LogP contribution in [0.3, 0.4) is 0 Å². The summed E-state index contributed by atoms with van der Waals surface area (Å²) >= 11 is 0. The van der Waals surface area contributed by atoms with Crippen molar-refractivity contribution in [3.63, 3.8) is 0 Å². The van der Waals surface area contributed by atoms with Crippen LogP contribution in [0.2, 0.25) is 0 Å². The van der Waals surface area contributed by atoms with Crippen LogP contribution in [-0.4, -0.2) is 15.0 Å². The van der Waals surface area contributed by atoms with Crippen LogP contribution in [0.4, 0.5) is 13.2 Å². The molecule has 18 heavy (non-hydrogen) atoms. The van der Waals surface area contributed by atoms with E-state index in [1.54, 1.807) is 0 Å². The molecule has 0 fully saturated rings. The molecule has 0 aromatic heterocycles. The molecule has 1 aromatic rings. The van der Waals surface area contributed by atoms with Gasteiger partial charge in [0.2, 0.25) is 0 Å². The molecule has 4 N–H and O–H groups in total. The lowest BCUT2D eigenvalue weighted by Crippen LogP contribution is -2.24. The fourth-order valence-electron chi connectivity index (χ4n) is 1.21. The molecule has 0 saturated carbocycles. The summed E-state index contributed by atoms with van der Waals surface area (Å²) in [7, 11) is -4.17. The molecule has 0 radical (unpaired) electrons. The van der Waals surface area contributed by atoms with Gasteiger partial charge >= 0.3 is 16.5 Å². The number of rotatable bonds is 4. The minimum Gasteiger partial charge on any atom is -0.322 e. The topological polar surface area (TPSA) is 95.4 Å². The van der Waals surface area contributed by atoms with Crippen LogP contribution in [0, 0.1) is 0 Å². The SMILES string of the molecule is NC(COS(N)(=O)=O)c1cccc(C(F)(F)F)c1. The van der Waals surface area contributed by atoms with E-state index in [4.69, 9.17) is 5.73 Å². The zero-order valence-corrected chi connectivity index (χ0v) is 9.83. The van der Waals surface area contributed by atoms with Gasteiger partial charge in [0.1, 0.15) is 0 Å². The van der Waals surface area contributed by atoms with Crippen LogP contribution < -0.4 is 10.9 Å². The van der Waals surface area contributed by atoms with Gasteiger partial charge in [-0.1, -0.05) is 12.1 Å². The van der Waals surface area contributed by atoms with Crippen molar-refractivity contribution in [3.05, 3.63) is 35.4 Å². The van der Waals surface area contributed by atoms with Crippen molar-refractivity contribution in [2.24, 2.45) is 10.9 Å². The van der Waals surface area contributed by atoms with Crippen molar-refractivity contribution < 1.29 is 25.8 Å². The van der Waals surface area contributed by atoms with Gasteiger partial charge in [0.25, 0.3) is 0 Å². The van der Waals surface area contributed by atoms with Gasteiger partial charge < -0.3 is 5.73 Å². The Morgan fingerprint density at radius 2 is 1.94 bits per heavy atom. The Balaban J connectivity index is 2.84. The first kappa shape index (κ1) is 14.9. The lowest BCUT2D eigenvalue weighted by Gasteiger charge is -2.13. The number of halogens is 3. The highest BCUT2D eigenvalue weighted by Crippen LogP contribution is 2.30. The van der Waals surface area contributed by atoms with E-state index in [0.29, 0.717) is 0 Å². The first-order valence-corrected chi connectivity index (χ1v) is 6.16. The second-order valence-corrected chi connectivity index (χ2v) is 4.73. The predicted octanol–water partition coefficient (Wildman–Crippen LogP) is 0.925. The lowest BCUT2D eigenvalue weighted by atomic mass is 10.1. The van der Waals surface area contributed by atoms with E-state index in [1.807, 2.05) is 0 Å². The highest BCUT2D eigenvalue weighted by Gasteiger charge is 2.30. The van der Waals surface area contributed by atoms with Gasteiger partial charge in [0, 0.05) is 0 Å². The van der Waals surface area contributed by atoms with Crippen LogP contribution in [-0.2, 0) is 20.7 Å². The summed E-state index contributed by atoms with van der Waals surface area (Å²) in [5.74, 6) is 0. The Bertz CT molecular complexity index is 516. The second-order valence-electron chi connectivity index (χ2n) is 3.51. The van der Waals surface area contributed by atoms with Gasteiger partial charge in [-0.2, -0.15) is 21.6 Å². The summed E-state index contributed by atoms with van der Waals surface area (Å²) in [6, 6.07) is 3.21. The summed E-state index contributed by atoms with van der Waals surface area (Å²) < 4.78 is 62.5. The molecular formula is C9H11F3N2O3S. The Hall–Kier alpha value is -1.16. The van der Waals surface area contributed by atoms with Gasteiger partial charge in [0.05, 0.1) is 18.2 Å². The second kappa shape index (κ2) is 5.22. The zero-order chi connectivity index (χ0) is 14.0. The molecule has 1 aromatic carbocycles. The van der Waals surface area contributed by atoms with E-state index in [2.05, 4.69) is 9.32 Å². The monoisotopic (exact) mass is 284 g/mol. The predicted molar refractivity (Wildman–Crippen MR) is 57.4 cm³/mol. The molecule has 0 saturated heterocycles. The molecule has 1 atom stereocenters. The molecule has 0 aliphatic carbocycles. The molecular weight excluding hydrogens is 273 g/mol. The molecule has 9 heteroatoms. The van der Waals surface area contributed by atoms with Crippen LogP contribution >= 0.6 is 0 Å². The third kappa shape index (κ3) is 4.61. The maximum atomic E-state index is 12.4. The highest BCUT2D eigenvalue weighted by molar-refractivity contribution is 7.84. The Morgan fingerprint density at radius 1 is 1.33 bits per heavy atom. The standard InChI is InChI=1S/C9H11F3N2O3S/c10-9(11,12)7-3-1-2-6(4-7)8(13)5-17-18(14,15)16/h1-4,8H,5,13H2,(H2,14,15,16). The summed E-state index contributed by atoms with van der Waals surface area (Å²) in [6.07, 6.45) is -4.49. The molecule has 0 aliphatic rings. The molecule has 102 valence electrons. The van der Waals surface area contributed by atoms with Crippen molar-refractivity contribution in [2.45, 2.75) is 12.2 Å². The first-order valence-electron chi connectivity index (χ1n) is 4.69. The quantitative estimate of drug-likeness (QED) is 0.859. The van der Waals surface area contributed by atoms with Crippen molar-refractivity contribution in [3.8, 4) is 0 Å². The van der Waals surface area contributed by atoms with Crippen molar-refractivity contribution in [1.29, 1.82) is 0 Å². The Kier molecular flexibility index (Phi) is 4.32. The van der Waals surface area contributed by atoms with Crippen LogP contribution in [0.1, 0.15) is 17.2 Å². The number of nitrogens with two attached hydrogens (primary N) is 2. The average molecular weight is 284 g/mol. The van der Waals surface area contributed by atoms with E-state index in [1.165, 1.54) is 12.1 Å². The Morgan fingerprint density at radius 3 is 2.44 bits per heavy atom. The largest absolute Gasteiger partial charge is 0.416 e. The summed E-state index contributed by atoms with van der Waals surface area (Å²) in [5.41, 5.74) is 4.74. The lowest BCUT2D eigenvalue weighted by molar-refractivity contribution is -0.137. The van der Waals surface area contributed by atoms with E-state index in [9.17, 15) is 21.6 Å². The fourth-order valence-corrected chi connectivity index (χ4v) is 1.55. The Labute approximate surface area is 102 Å². The molecule has 0 aliphatic heterocycles. The van der Waals surface area contributed by atoms with Gasteiger partial charge in [-0.15, -0.1) is 0 Å². The number of benzene rings is 1. The normalized spacial score (nSPS) is 14.5. The van der Waals surface area contributed by atoms with Crippen LogP contribution in [0.25, 0.3) is 0 Å². The maximum absolute atomic E-state index is 12.4. The van der Waals surface area contributed by atoms with Gasteiger partial charge in [-0.3, -0.25) is 4.18 Å². The van der Waals surface area contributed by atoms with Gasteiger partial charge in [-0.25, -0.2) is 5.14 Å². The van der Waals surface area contributed by atoms with Crippen LogP contribution in [0.15, 0.2) is 24.3 Å². The van der Waals surface area contributed by atoms with Crippen molar-refractivity contribution in [1.82, 2.24) is 0 Å². The molecule has 0 amide bonds. The molecule has 0 bridgehead atoms. The molecule has 0 spiro atoms. The highest BCUT2D eigenvalue weighted by atomic mass is 32.2. The van der Waals surface area contributed by atoms with Crippen LogP contribution in [0.5, 0.6) is 0 Å². The molecule has 1 rings (SSSR count). The smallest absolute Gasteiger partial charge is 0.322 e. The summed E-state index contributed by atoms with van der Waals surface area (Å²) in [5, 5.41) is 4.58. The summed E-state index contributed by atoms with van der Waals surface area (Å²) in [4.78, 5) is 0. The van der Waals surface area contributed by atoms with Crippen molar-refractivity contribution >= 4 is 10.3 Å². The van der Waals surface area contributed by atoms with Crippen molar-refractivity contribution in [2.75, 3.05) is 6.61 Å². The average Bonchev–Trinajstić information content (AvgIpc) is 2.24.